The van der Waals surface area contributed by atoms with Crippen LogP contribution in [-0.2, 0) is 22.9 Å². The number of pyridine rings is 1. The monoisotopic (exact) mass is 765 g/mol. The number of aliphatic hydroxyl groups excluding tert-OH is 1. The lowest BCUT2D eigenvalue weighted by Crippen LogP contribution is -2.44. The number of nitrogens with one attached hydrogen (secondary N) is 1. The van der Waals surface area contributed by atoms with Crippen LogP contribution in [0.1, 0.15) is 33.2 Å². The van der Waals surface area contributed by atoms with Crippen LogP contribution in [0.3, 0.4) is 0 Å². The summed E-state index contributed by atoms with van der Waals surface area (Å²) in [7, 11) is -3.44. The van der Waals surface area contributed by atoms with Crippen LogP contribution in [0, 0.1) is 0 Å². The SMILES string of the molecule is O=C(NCCC(F)(F)F)c1ccncc1-n1nc(Cn2nc(-c3ccc(Cl)cc3)n(C[C@H](O)C(F)(F)F)c2=O)nc1C(=O)N1CCS(=O)(=O)CC1. The molecule has 15 nitrogen and oxygen atoms in total. The van der Waals surface area contributed by atoms with Crippen molar-refractivity contribution in [2.24, 2.45) is 0 Å². The molecule has 1 fully saturated rings. The van der Waals surface area contributed by atoms with Crippen molar-refractivity contribution in [2.75, 3.05) is 31.1 Å². The Hall–Kier alpha value is -4.83. The summed E-state index contributed by atoms with van der Waals surface area (Å²) in [6.45, 7) is -3.19. The standard InChI is InChI=1S/C28H26ClF6N9O6S/c29-17-3-1-16(2-4-17)22-40-43(26(48)42(22)14-20(45)28(33,34)35)15-21-38-23(25(47)41-9-11-51(49,50)12-10-41)44(39-21)19-13-36-7-5-18(19)24(46)37-8-6-27(30,31)32/h1-5,7,13,20,45H,6,8-12,14-15H2,(H,37,46)/t20-/m0/s1. The number of benzene rings is 1. The van der Waals surface area contributed by atoms with Gasteiger partial charge >= 0.3 is 18.0 Å². The highest BCUT2D eigenvalue weighted by Crippen LogP contribution is 2.25. The second-order valence-electron chi connectivity index (χ2n) is 11.2. The number of carbonyl (C=O) groups is 2. The summed E-state index contributed by atoms with van der Waals surface area (Å²) in [6.07, 6.45) is -11.8. The predicted octanol–water partition coefficient (Wildman–Crippen LogP) is 1.87. The molecule has 2 amide bonds. The van der Waals surface area contributed by atoms with Gasteiger partial charge in [-0.05, 0) is 30.3 Å². The number of nitrogens with zero attached hydrogens (tertiary/aromatic N) is 8. The number of rotatable bonds is 10. The predicted molar refractivity (Wildman–Crippen MR) is 165 cm³/mol. The average Bonchev–Trinajstić information content (AvgIpc) is 3.61. The Morgan fingerprint density at radius 1 is 1.02 bits per heavy atom. The van der Waals surface area contributed by atoms with E-state index >= 15 is 0 Å². The lowest BCUT2D eigenvalue weighted by Gasteiger charge is -2.26. The normalized spacial score (nSPS) is 15.5. The van der Waals surface area contributed by atoms with Gasteiger partial charge in [-0.1, -0.05) is 11.6 Å². The van der Waals surface area contributed by atoms with Crippen LogP contribution in [0.5, 0.6) is 0 Å². The molecular formula is C28H26ClF6N9O6S. The maximum Gasteiger partial charge on any atom is 0.416 e. The molecule has 2 N–H and O–H groups in total. The molecule has 1 atom stereocenters. The third-order valence-corrected chi connectivity index (χ3v) is 9.35. The first-order chi connectivity index (χ1) is 23.8. The molecular weight excluding hydrogens is 740 g/mol. The maximum atomic E-state index is 13.7. The summed E-state index contributed by atoms with van der Waals surface area (Å²) < 4.78 is 104. The molecule has 1 aliphatic rings. The Morgan fingerprint density at radius 3 is 2.31 bits per heavy atom. The van der Waals surface area contributed by atoms with E-state index in [0.29, 0.717) is 9.25 Å². The summed E-state index contributed by atoms with van der Waals surface area (Å²) in [4.78, 5) is 49.4. The van der Waals surface area contributed by atoms with E-state index in [1.54, 1.807) is 0 Å². The Bertz CT molecular complexity index is 2080. The smallest absolute Gasteiger partial charge is 0.382 e. The molecule has 5 rings (SSSR count). The first kappa shape index (κ1) is 37.4. The lowest BCUT2D eigenvalue weighted by molar-refractivity contribution is -0.207. The van der Waals surface area contributed by atoms with Crippen LogP contribution in [0.25, 0.3) is 17.1 Å². The first-order valence-corrected chi connectivity index (χ1v) is 17.0. The molecule has 1 saturated heterocycles. The Balaban J connectivity index is 1.57. The van der Waals surface area contributed by atoms with Crippen LogP contribution in [-0.4, -0.2) is 114 Å². The molecule has 3 aromatic heterocycles. The van der Waals surface area contributed by atoms with Crippen LogP contribution in [0.4, 0.5) is 26.3 Å². The van der Waals surface area contributed by atoms with Gasteiger partial charge < -0.3 is 15.3 Å². The minimum Gasteiger partial charge on any atom is -0.382 e. The van der Waals surface area contributed by atoms with Crippen molar-refractivity contribution in [3.63, 3.8) is 0 Å². The quantitative estimate of drug-likeness (QED) is 0.226. The Kier molecular flexibility index (Phi) is 10.6. The molecule has 0 unspecified atom stereocenters. The zero-order valence-corrected chi connectivity index (χ0v) is 27.5. The molecule has 0 aliphatic carbocycles. The van der Waals surface area contributed by atoms with Gasteiger partial charge in [-0.3, -0.25) is 19.1 Å². The number of sulfone groups is 1. The van der Waals surface area contributed by atoms with E-state index in [9.17, 15) is 54.3 Å². The fourth-order valence-corrected chi connectivity index (χ4v) is 6.20. The Morgan fingerprint density at radius 2 is 1.69 bits per heavy atom. The van der Waals surface area contributed by atoms with E-state index in [1.807, 2.05) is 0 Å². The summed E-state index contributed by atoms with van der Waals surface area (Å²) in [5.41, 5.74) is -1.51. The van der Waals surface area contributed by atoms with Gasteiger partial charge in [-0.25, -0.2) is 27.6 Å². The topological polar surface area (TPSA) is 187 Å². The number of halogens is 7. The third-order valence-electron chi connectivity index (χ3n) is 7.49. The van der Waals surface area contributed by atoms with E-state index < -0.39 is 77.7 Å². The van der Waals surface area contributed by atoms with Gasteiger partial charge in [0.05, 0.1) is 41.9 Å². The van der Waals surface area contributed by atoms with Gasteiger partial charge in [-0.2, -0.15) is 26.3 Å². The average molecular weight is 766 g/mol. The molecule has 0 saturated carbocycles. The van der Waals surface area contributed by atoms with Crippen molar-refractivity contribution in [3.05, 3.63) is 75.4 Å². The number of alkyl halides is 6. The molecule has 0 radical (unpaired) electrons. The highest BCUT2D eigenvalue weighted by molar-refractivity contribution is 7.91. The van der Waals surface area contributed by atoms with Crippen molar-refractivity contribution in [1.29, 1.82) is 0 Å². The van der Waals surface area contributed by atoms with Crippen LogP contribution < -0.4 is 11.0 Å². The molecule has 23 heteroatoms. The van der Waals surface area contributed by atoms with Gasteiger partial charge in [-0.15, -0.1) is 10.2 Å². The van der Waals surface area contributed by atoms with Gasteiger partial charge in [0, 0.05) is 36.4 Å². The van der Waals surface area contributed by atoms with Gasteiger partial charge in [0.25, 0.3) is 11.8 Å². The van der Waals surface area contributed by atoms with E-state index in [1.165, 1.54) is 24.3 Å². The van der Waals surface area contributed by atoms with E-state index in [-0.39, 0.29) is 58.1 Å². The van der Waals surface area contributed by atoms with Crippen LogP contribution in [0.15, 0.2) is 47.5 Å². The van der Waals surface area contributed by atoms with Crippen LogP contribution >= 0.6 is 11.6 Å². The summed E-state index contributed by atoms with van der Waals surface area (Å²) in [5.74, 6) is -3.77. The lowest BCUT2D eigenvalue weighted by atomic mass is 10.2. The van der Waals surface area contributed by atoms with Crippen molar-refractivity contribution >= 4 is 33.3 Å². The minimum atomic E-state index is -5.09. The molecule has 1 aromatic carbocycles. The summed E-state index contributed by atoms with van der Waals surface area (Å²) in [5, 5.41) is 20.5. The number of hydrogen-bond donors (Lipinski definition) is 2. The summed E-state index contributed by atoms with van der Waals surface area (Å²) >= 11 is 5.93. The largest absolute Gasteiger partial charge is 0.416 e. The van der Waals surface area contributed by atoms with E-state index in [4.69, 9.17) is 11.6 Å². The highest BCUT2D eigenvalue weighted by atomic mass is 35.5. The maximum absolute atomic E-state index is 13.7. The zero-order valence-electron chi connectivity index (χ0n) is 25.9. The second-order valence-corrected chi connectivity index (χ2v) is 13.9. The number of carbonyl (C=O) groups excluding carboxylic acids is 2. The number of amides is 2. The minimum absolute atomic E-state index is 0.149. The second kappa shape index (κ2) is 14.4. The van der Waals surface area contributed by atoms with E-state index in [2.05, 4.69) is 25.5 Å². The number of aliphatic hydroxyl groups is 1. The van der Waals surface area contributed by atoms with Crippen molar-refractivity contribution in [2.45, 2.75) is 38.0 Å². The number of aromatic nitrogens is 7. The fraction of sp³-hybridized carbons (Fsp3) is 0.393. The number of hydrogen-bond acceptors (Lipinski definition) is 10. The van der Waals surface area contributed by atoms with Crippen molar-refractivity contribution in [1.82, 2.24) is 44.3 Å². The van der Waals surface area contributed by atoms with Gasteiger partial charge in [0.15, 0.2) is 27.6 Å². The van der Waals surface area contributed by atoms with E-state index in [0.717, 1.165) is 28.0 Å². The zero-order chi connectivity index (χ0) is 37.3. The molecule has 4 heterocycles. The highest BCUT2D eigenvalue weighted by Gasteiger charge is 2.39. The Labute approximate surface area is 288 Å². The molecule has 1 aliphatic heterocycles. The molecule has 0 spiro atoms. The van der Waals surface area contributed by atoms with Crippen LogP contribution in [0.2, 0.25) is 5.02 Å². The third kappa shape index (κ3) is 8.92. The molecule has 274 valence electrons. The van der Waals surface area contributed by atoms with Gasteiger partial charge in [0.1, 0.15) is 6.54 Å². The molecule has 4 aromatic rings. The first-order valence-electron chi connectivity index (χ1n) is 14.8. The van der Waals surface area contributed by atoms with Crippen molar-refractivity contribution < 1.29 is 49.5 Å². The fourth-order valence-electron chi connectivity index (χ4n) is 4.88. The molecule has 0 bridgehead atoms. The molecule has 51 heavy (non-hydrogen) atoms. The summed E-state index contributed by atoms with van der Waals surface area (Å²) in [6, 6.07) is 6.66. The van der Waals surface area contributed by atoms with Gasteiger partial charge in [0.2, 0.25) is 5.82 Å². The van der Waals surface area contributed by atoms with Crippen molar-refractivity contribution in [3.8, 4) is 17.1 Å².